The van der Waals surface area contributed by atoms with Crippen LogP contribution in [0.3, 0.4) is 0 Å². The molecule has 15 heteroatoms. The smallest absolute Gasteiger partial charge is 0.460 e. The van der Waals surface area contributed by atoms with Gasteiger partial charge in [-0.3, -0.25) is 13.8 Å². The summed E-state index contributed by atoms with van der Waals surface area (Å²) in [5.74, 6) is -0.562. The molecular weight excluding hydrogens is 671 g/mol. The molecule has 0 atom stereocenters. The lowest BCUT2D eigenvalue weighted by molar-refractivity contribution is -0.155. The van der Waals surface area contributed by atoms with Gasteiger partial charge in [0.1, 0.15) is 18.8 Å². The summed E-state index contributed by atoms with van der Waals surface area (Å²) in [4.78, 5) is 54.0. The van der Waals surface area contributed by atoms with E-state index in [2.05, 4.69) is 0 Å². The van der Waals surface area contributed by atoms with Crippen LogP contribution in [-0.2, 0) is 55.1 Å². The first-order chi connectivity index (χ1) is 23.1. The highest BCUT2D eigenvalue weighted by molar-refractivity contribution is 7.48. The minimum Gasteiger partial charge on any atom is -0.460 e. The Balaban J connectivity index is 2.24. The van der Waals surface area contributed by atoms with E-state index in [1.165, 1.54) is 0 Å². The molecule has 0 aliphatic carbocycles. The largest absolute Gasteiger partial charge is 0.478 e. The Morgan fingerprint density at radius 1 is 0.600 bits per heavy atom. The molecule has 0 N–H and O–H groups in total. The fourth-order valence-corrected chi connectivity index (χ4v) is 5.63. The summed E-state index contributed by atoms with van der Waals surface area (Å²) in [5.41, 5.74) is -1.27. The Kier molecular flexibility index (Phi) is 15.9. The van der Waals surface area contributed by atoms with Gasteiger partial charge in [0, 0.05) is 13.1 Å². The molecule has 2 aromatic rings. The number of imide groups is 1. The number of carbonyl (C=O) groups excluding carboxylic acids is 4. The van der Waals surface area contributed by atoms with Crippen molar-refractivity contribution >= 4 is 32.1 Å². The van der Waals surface area contributed by atoms with Crippen molar-refractivity contribution in [3.8, 4) is 0 Å². The van der Waals surface area contributed by atoms with Crippen LogP contribution in [0.15, 0.2) is 60.7 Å². The van der Waals surface area contributed by atoms with Gasteiger partial charge in [-0.2, -0.15) is 0 Å². The maximum Gasteiger partial charge on any atom is 0.478 e. The second-order valence-corrected chi connectivity index (χ2v) is 15.6. The molecule has 0 heterocycles. The molecule has 0 bridgehead atoms. The summed E-state index contributed by atoms with van der Waals surface area (Å²) in [6, 6.07) is 17.7. The minimum atomic E-state index is -4.26. The zero-order valence-corrected chi connectivity index (χ0v) is 31.4. The normalized spacial score (nSPS) is 12.1. The second kappa shape index (κ2) is 18.9. The number of phosphoric ester groups is 1. The van der Waals surface area contributed by atoms with Crippen LogP contribution >= 0.6 is 7.82 Å². The van der Waals surface area contributed by atoms with Crippen LogP contribution in [0.2, 0.25) is 0 Å². The van der Waals surface area contributed by atoms with E-state index in [1.54, 1.807) is 117 Å². The second-order valence-electron chi connectivity index (χ2n) is 14.1. The molecular formula is C35H51N2O12P. The Labute approximate surface area is 294 Å². The third kappa shape index (κ3) is 17.6. The summed E-state index contributed by atoms with van der Waals surface area (Å²) < 4.78 is 51.2. The molecule has 2 aromatic carbocycles. The highest BCUT2D eigenvalue weighted by Crippen LogP contribution is 2.55. The molecule has 278 valence electrons. The summed E-state index contributed by atoms with van der Waals surface area (Å²) >= 11 is 0. The van der Waals surface area contributed by atoms with Crippen LogP contribution in [-0.4, -0.2) is 77.3 Å². The average molecular weight is 723 g/mol. The van der Waals surface area contributed by atoms with Gasteiger partial charge >= 0.3 is 32.1 Å². The van der Waals surface area contributed by atoms with Gasteiger partial charge in [0.2, 0.25) is 6.79 Å². The fraction of sp³-hybridized carbons (Fsp3) is 0.543. The zero-order chi connectivity index (χ0) is 37.6. The lowest BCUT2D eigenvalue weighted by Crippen LogP contribution is -2.45. The van der Waals surface area contributed by atoms with E-state index in [4.69, 9.17) is 32.5 Å². The Morgan fingerprint density at radius 2 is 1.06 bits per heavy atom. The maximum atomic E-state index is 13.4. The first-order valence-electron chi connectivity index (χ1n) is 16.1. The quantitative estimate of drug-likeness (QED) is 0.0760. The zero-order valence-electron chi connectivity index (χ0n) is 30.5. The van der Waals surface area contributed by atoms with E-state index in [1.807, 2.05) is 6.07 Å². The van der Waals surface area contributed by atoms with Gasteiger partial charge in [-0.05, 0) is 73.4 Å². The SMILES string of the molecule is CC(C)(C)OC(=O)CCN(CCN(C(=O)OCOP(=O)(OC(C)(C)C)OC(C)(C)C)C(=O)OCc1ccccc1)C(=O)OCc1ccccc1. The first kappa shape index (κ1) is 42.2. The van der Waals surface area contributed by atoms with E-state index in [9.17, 15) is 23.7 Å². The molecule has 14 nitrogen and oxygen atoms in total. The molecule has 0 unspecified atom stereocenters. The van der Waals surface area contributed by atoms with Crippen LogP contribution in [0, 0.1) is 0 Å². The number of hydrogen-bond acceptors (Lipinski definition) is 12. The Bertz CT molecular complexity index is 1410. The molecule has 0 spiro atoms. The van der Waals surface area contributed by atoms with Gasteiger partial charge in [-0.1, -0.05) is 60.7 Å². The molecule has 3 amide bonds. The van der Waals surface area contributed by atoms with Crippen molar-refractivity contribution in [1.29, 1.82) is 0 Å². The van der Waals surface area contributed by atoms with Crippen LogP contribution < -0.4 is 0 Å². The van der Waals surface area contributed by atoms with Gasteiger partial charge < -0.3 is 23.8 Å². The van der Waals surface area contributed by atoms with Crippen molar-refractivity contribution in [3.63, 3.8) is 0 Å². The number of carbonyl (C=O) groups is 4. The van der Waals surface area contributed by atoms with Gasteiger partial charge in [-0.25, -0.2) is 28.4 Å². The first-order valence-corrected chi connectivity index (χ1v) is 17.6. The van der Waals surface area contributed by atoms with E-state index in [0.717, 1.165) is 10.5 Å². The van der Waals surface area contributed by atoms with Gasteiger partial charge in [0.15, 0.2) is 0 Å². The monoisotopic (exact) mass is 722 g/mol. The number of esters is 1. The van der Waals surface area contributed by atoms with E-state index in [-0.39, 0.29) is 32.7 Å². The van der Waals surface area contributed by atoms with Gasteiger partial charge in [0.25, 0.3) is 0 Å². The molecule has 0 saturated carbocycles. The third-order valence-corrected chi connectivity index (χ3v) is 7.84. The van der Waals surface area contributed by atoms with Crippen LogP contribution in [0.5, 0.6) is 0 Å². The Morgan fingerprint density at radius 3 is 1.52 bits per heavy atom. The summed E-state index contributed by atoms with van der Waals surface area (Å²) in [7, 11) is -4.26. The van der Waals surface area contributed by atoms with E-state index in [0.29, 0.717) is 10.5 Å². The topological polar surface area (TPSA) is 156 Å². The fourth-order valence-electron chi connectivity index (χ4n) is 3.96. The third-order valence-electron chi connectivity index (χ3n) is 5.87. The van der Waals surface area contributed by atoms with Crippen molar-refractivity contribution in [1.82, 2.24) is 9.80 Å². The average Bonchev–Trinajstić information content (AvgIpc) is 2.98. The van der Waals surface area contributed by atoms with E-state index < -0.39 is 62.2 Å². The van der Waals surface area contributed by atoms with Gasteiger partial charge in [0.05, 0.1) is 24.2 Å². The number of ether oxygens (including phenoxy) is 4. The minimum absolute atomic E-state index is 0.0574. The number of amides is 3. The number of hydrogen-bond donors (Lipinski definition) is 0. The van der Waals surface area contributed by atoms with Crippen molar-refractivity contribution in [2.75, 3.05) is 26.4 Å². The molecule has 50 heavy (non-hydrogen) atoms. The van der Waals surface area contributed by atoms with Gasteiger partial charge in [-0.15, -0.1) is 0 Å². The van der Waals surface area contributed by atoms with Crippen LogP contribution in [0.4, 0.5) is 14.4 Å². The predicted molar refractivity (Wildman–Crippen MR) is 184 cm³/mol. The predicted octanol–water partition coefficient (Wildman–Crippen LogP) is 7.84. The molecule has 2 rings (SSSR count). The Hall–Kier alpha value is -3.97. The molecule has 0 radical (unpaired) electrons. The molecule has 0 fully saturated rings. The highest BCUT2D eigenvalue weighted by atomic mass is 31.2. The number of rotatable bonds is 15. The lowest BCUT2D eigenvalue weighted by atomic mass is 10.2. The van der Waals surface area contributed by atoms with Crippen molar-refractivity contribution in [2.24, 2.45) is 0 Å². The lowest BCUT2D eigenvalue weighted by Gasteiger charge is -2.30. The van der Waals surface area contributed by atoms with Crippen molar-refractivity contribution in [2.45, 2.75) is 98.8 Å². The van der Waals surface area contributed by atoms with Crippen molar-refractivity contribution < 1.29 is 56.3 Å². The van der Waals surface area contributed by atoms with E-state index >= 15 is 0 Å². The van der Waals surface area contributed by atoms with Crippen LogP contribution in [0.1, 0.15) is 79.9 Å². The summed E-state index contributed by atoms with van der Waals surface area (Å²) in [6.45, 7) is 13.0. The summed E-state index contributed by atoms with van der Waals surface area (Å²) in [5, 5.41) is 0. The molecule has 0 aliphatic rings. The molecule has 0 aromatic heterocycles. The number of phosphoric acid groups is 1. The number of nitrogens with zero attached hydrogens (tertiary/aromatic N) is 2. The maximum absolute atomic E-state index is 13.4. The molecule has 0 saturated heterocycles. The summed E-state index contributed by atoms with van der Waals surface area (Å²) in [6.07, 6.45) is -3.31. The molecule has 0 aliphatic heterocycles. The number of benzene rings is 2. The standard InChI is InChI=1S/C35H51N2O12P/c1-33(2,3)47-29(38)20-21-36(30(39)43-24-27-16-12-10-13-17-27)22-23-37(31(40)44-25-28-18-14-11-15-19-28)32(41)45-26-46-50(42,48-34(4,5)6)49-35(7,8)9/h10-19H,20-26H2,1-9H3. The van der Waals surface area contributed by atoms with Crippen LogP contribution in [0.25, 0.3) is 0 Å². The van der Waals surface area contributed by atoms with Crippen molar-refractivity contribution in [3.05, 3.63) is 71.8 Å². The highest BCUT2D eigenvalue weighted by Gasteiger charge is 2.38.